The molecule has 1 amide bonds. The second-order valence-corrected chi connectivity index (χ2v) is 5.31. The van der Waals surface area contributed by atoms with Crippen LogP contribution in [0.4, 0.5) is 0 Å². The molecule has 2 atom stereocenters. The summed E-state index contributed by atoms with van der Waals surface area (Å²) in [5.41, 5.74) is -0.461. The van der Waals surface area contributed by atoms with Crippen molar-refractivity contribution < 1.29 is 9.90 Å². The molecule has 0 saturated carbocycles. The number of hydrogen-bond donors (Lipinski definition) is 3. The van der Waals surface area contributed by atoms with Gasteiger partial charge in [0.25, 0.3) is 0 Å². The second-order valence-electron chi connectivity index (χ2n) is 5.31. The molecule has 2 unspecified atom stereocenters. The number of carbonyl (C=O) groups is 1. The maximum absolute atomic E-state index is 11.8. The quantitative estimate of drug-likeness (QED) is 0.655. The smallest absolute Gasteiger partial charge is 0.220 e. The minimum Gasteiger partial charge on any atom is -0.394 e. The molecule has 4 heteroatoms. The summed E-state index contributed by atoms with van der Waals surface area (Å²) in [7, 11) is 0. The molecule has 0 aromatic rings. The van der Waals surface area contributed by atoms with E-state index in [2.05, 4.69) is 10.6 Å². The van der Waals surface area contributed by atoms with E-state index in [4.69, 9.17) is 0 Å². The van der Waals surface area contributed by atoms with Crippen LogP contribution in [0.3, 0.4) is 0 Å². The van der Waals surface area contributed by atoms with Crippen LogP contribution in [0.1, 0.15) is 52.4 Å². The number of carbonyl (C=O) groups excluding carboxylic acids is 1. The predicted molar refractivity (Wildman–Crippen MR) is 68.8 cm³/mol. The fourth-order valence-corrected chi connectivity index (χ4v) is 2.11. The van der Waals surface area contributed by atoms with E-state index < -0.39 is 5.54 Å². The van der Waals surface area contributed by atoms with Gasteiger partial charge in [0, 0.05) is 12.5 Å². The molecule has 1 aliphatic heterocycles. The highest BCUT2D eigenvalue weighted by molar-refractivity contribution is 5.76. The van der Waals surface area contributed by atoms with Gasteiger partial charge in [-0.1, -0.05) is 13.3 Å². The fourth-order valence-electron chi connectivity index (χ4n) is 2.11. The van der Waals surface area contributed by atoms with Crippen molar-refractivity contribution in [1.82, 2.24) is 10.6 Å². The summed E-state index contributed by atoms with van der Waals surface area (Å²) < 4.78 is 0. The van der Waals surface area contributed by atoms with Crippen LogP contribution in [0.25, 0.3) is 0 Å². The maximum atomic E-state index is 11.8. The van der Waals surface area contributed by atoms with Crippen LogP contribution in [0.2, 0.25) is 0 Å². The van der Waals surface area contributed by atoms with Gasteiger partial charge in [0.1, 0.15) is 0 Å². The van der Waals surface area contributed by atoms with Crippen molar-refractivity contribution in [3.05, 3.63) is 0 Å². The SMILES string of the molecule is CCC(C)(CO)NC(=O)CCC1CCCCN1. The zero-order chi connectivity index (χ0) is 12.7. The lowest BCUT2D eigenvalue weighted by Crippen LogP contribution is -2.48. The summed E-state index contributed by atoms with van der Waals surface area (Å²) in [5.74, 6) is 0.0516. The zero-order valence-electron chi connectivity index (χ0n) is 11.1. The van der Waals surface area contributed by atoms with Gasteiger partial charge in [-0.05, 0) is 39.2 Å². The molecule has 0 aromatic heterocycles. The predicted octanol–water partition coefficient (Wildman–Crippen LogP) is 1.19. The first-order valence-electron chi connectivity index (χ1n) is 6.75. The molecule has 1 saturated heterocycles. The first-order chi connectivity index (χ1) is 8.09. The van der Waals surface area contributed by atoms with Crippen molar-refractivity contribution in [3.63, 3.8) is 0 Å². The highest BCUT2D eigenvalue weighted by Crippen LogP contribution is 2.13. The highest BCUT2D eigenvalue weighted by Gasteiger charge is 2.23. The summed E-state index contributed by atoms with van der Waals surface area (Å²) >= 11 is 0. The third-order valence-electron chi connectivity index (χ3n) is 3.70. The number of hydrogen-bond acceptors (Lipinski definition) is 3. The summed E-state index contributed by atoms with van der Waals surface area (Å²) in [6.07, 6.45) is 5.89. The minimum absolute atomic E-state index is 0.00306. The van der Waals surface area contributed by atoms with E-state index in [1.165, 1.54) is 19.3 Å². The van der Waals surface area contributed by atoms with Gasteiger partial charge in [-0.2, -0.15) is 0 Å². The van der Waals surface area contributed by atoms with E-state index >= 15 is 0 Å². The van der Waals surface area contributed by atoms with Crippen molar-refractivity contribution in [2.75, 3.05) is 13.2 Å². The number of amides is 1. The molecular formula is C13H26N2O2. The third kappa shape index (κ3) is 5.04. The molecule has 0 aliphatic carbocycles. The van der Waals surface area contributed by atoms with Crippen molar-refractivity contribution >= 4 is 5.91 Å². The van der Waals surface area contributed by atoms with Gasteiger partial charge >= 0.3 is 0 Å². The third-order valence-corrected chi connectivity index (χ3v) is 3.70. The molecule has 0 aromatic carbocycles. The van der Waals surface area contributed by atoms with Crippen LogP contribution in [0.15, 0.2) is 0 Å². The Labute approximate surface area is 104 Å². The van der Waals surface area contributed by atoms with Gasteiger partial charge < -0.3 is 15.7 Å². The number of piperidine rings is 1. The highest BCUT2D eigenvalue weighted by atomic mass is 16.3. The van der Waals surface area contributed by atoms with E-state index in [0.717, 1.165) is 19.4 Å². The van der Waals surface area contributed by atoms with Crippen LogP contribution in [0.5, 0.6) is 0 Å². The van der Waals surface area contributed by atoms with Gasteiger partial charge in [0.05, 0.1) is 12.1 Å². The van der Waals surface area contributed by atoms with E-state index in [1.54, 1.807) is 0 Å². The molecule has 100 valence electrons. The molecule has 0 bridgehead atoms. The van der Waals surface area contributed by atoms with Crippen molar-refractivity contribution in [2.45, 2.75) is 64.0 Å². The Morgan fingerprint density at radius 1 is 1.53 bits per heavy atom. The topological polar surface area (TPSA) is 61.4 Å². The molecule has 0 spiro atoms. The molecule has 4 nitrogen and oxygen atoms in total. The molecule has 1 heterocycles. The Morgan fingerprint density at radius 3 is 2.82 bits per heavy atom. The monoisotopic (exact) mass is 242 g/mol. The van der Waals surface area contributed by atoms with Crippen LogP contribution in [0, 0.1) is 0 Å². The van der Waals surface area contributed by atoms with Crippen molar-refractivity contribution in [2.24, 2.45) is 0 Å². The summed E-state index contributed by atoms with van der Waals surface area (Å²) in [6.45, 7) is 4.93. The van der Waals surface area contributed by atoms with Crippen molar-refractivity contribution in [1.29, 1.82) is 0 Å². The lowest BCUT2D eigenvalue weighted by molar-refractivity contribution is -0.123. The summed E-state index contributed by atoms with van der Waals surface area (Å²) in [4.78, 5) is 11.8. The molecule has 0 radical (unpaired) electrons. The van der Waals surface area contributed by atoms with Crippen LogP contribution >= 0.6 is 0 Å². The molecular weight excluding hydrogens is 216 g/mol. The van der Waals surface area contributed by atoms with E-state index in [-0.39, 0.29) is 12.5 Å². The van der Waals surface area contributed by atoms with E-state index in [0.29, 0.717) is 12.5 Å². The summed E-state index contributed by atoms with van der Waals surface area (Å²) in [6, 6.07) is 0.497. The Bertz CT molecular complexity index is 234. The van der Waals surface area contributed by atoms with Gasteiger partial charge in [-0.3, -0.25) is 4.79 Å². The number of aliphatic hydroxyl groups is 1. The van der Waals surface area contributed by atoms with E-state index in [1.807, 2.05) is 13.8 Å². The van der Waals surface area contributed by atoms with Gasteiger partial charge in [0.15, 0.2) is 0 Å². The fraction of sp³-hybridized carbons (Fsp3) is 0.923. The molecule has 17 heavy (non-hydrogen) atoms. The maximum Gasteiger partial charge on any atom is 0.220 e. The van der Waals surface area contributed by atoms with Gasteiger partial charge in [-0.25, -0.2) is 0 Å². The average molecular weight is 242 g/mol. The van der Waals surface area contributed by atoms with Gasteiger partial charge in [-0.15, -0.1) is 0 Å². The molecule has 1 fully saturated rings. The minimum atomic E-state index is -0.461. The number of aliphatic hydroxyl groups excluding tert-OH is 1. The zero-order valence-corrected chi connectivity index (χ0v) is 11.1. The van der Waals surface area contributed by atoms with Gasteiger partial charge in [0.2, 0.25) is 5.91 Å². The largest absolute Gasteiger partial charge is 0.394 e. The lowest BCUT2D eigenvalue weighted by Gasteiger charge is -2.28. The average Bonchev–Trinajstić information content (AvgIpc) is 2.37. The van der Waals surface area contributed by atoms with E-state index in [9.17, 15) is 9.90 Å². The molecule has 1 rings (SSSR count). The second kappa shape index (κ2) is 6.97. The number of rotatable bonds is 6. The standard InChI is InChI=1S/C13H26N2O2/c1-3-13(2,10-16)15-12(17)8-7-11-6-4-5-9-14-11/h11,14,16H,3-10H2,1-2H3,(H,15,17). The molecule has 1 aliphatic rings. The first kappa shape index (κ1) is 14.5. The Balaban J connectivity index is 2.24. The van der Waals surface area contributed by atoms with Crippen LogP contribution < -0.4 is 10.6 Å². The normalized spacial score (nSPS) is 24.1. The Hall–Kier alpha value is -0.610. The van der Waals surface area contributed by atoms with Crippen molar-refractivity contribution in [3.8, 4) is 0 Å². The summed E-state index contributed by atoms with van der Waals surface area (Å²) in [5, 5.41) is 15.6. The van der Waals surface area contributed by atoms with Crippen LogP contribution in [-0.2, 0) is 4.79 Å². The molecule has 3 N–H and O–H groups in total. The Kier molecular flexibility index (Phi) is 5.92. The number of nitrogens with one attached hydrogen (secondary N) is 2. The lowest BCUT2D eigenvalue weighted by atomic mass is 9.98. The Morgan fingerprint density at radius 2 is 2.29 bits per heavy atom. The van der Waals surface area contributed by atoms with Crippen LogP contribution in [-0.4, -0.2) is 35.7 Å². The first-order valence-corrected chi connectivity index (χ1v) is 6.75.